The molecule has 1 atom stereocenters. The van der Waals surface area contributed by atoms with E-state index in [2.05, 4.69) is 19.9 Å². The zero-order valence-electron chi connectivity index (χ0n) is 9.07. The summed E-state index contributed by atoms with van der Waals surface area (Å²) in [6, 6.07) is 0. The lowest BCUT2D eigenvalue weighted by atomic mass is 10.1. The summed E-state index contributed by atoms with van der Waals surface area (Å²) in [5, 5.41) is 0. The van der Waals surface area contributed by atoms with Crippen molar-refractivity contribution in [2.24, 2.45) is 5.92 Å². The van der Waals surface area contributed by atoms with E-state index in [0.29, 0.717) is 0 Å². The van der Waals surface area contributed by atoms with Gasteiger partial charge in [0.05, 0.1) is 0 Å². The molecule has 0 N–H and O–H groups in total. The molecule has 0 amide bonds. The van der Waals surface area contributed by atoms with Gasteiger partial charge in [-0.25, -0.2) is 0 Å². The Labute approximate surface area is 72.7 Å². The molecule has 0 radical (unpaired) electrons. The van der Waals surface area contributed by atoms with Gasteiger partial charge >= 0.3 is 0 Å². The van der Waals surface area contributed by atoms with Gasteiger partial charge in [0.15, 0.2) is 0 Å². The second kappa shape index (κ2) is 9.74. The molecule has 0 bridgehead atoms. The summed E-state index contributed by atoms with van der Waals surface area (Å²) in [6.07, 6.45) is 5.03. The summed E-state index contributed by atoms with van der Waals surface area (Å²) in [7, 11) is 0. The van der Waals surface area contributed by atoms with Crippen LogP contribution in [0.2, 0.25) is 0 Å². The van der Waals surface area contributed by atoms with Crippen LogP contribution < -0.4 is 0 Å². The predicted octanol–water partition coefficient (Wildman–Crippen LogP) is 4.42. The van der Waals surface area contributed by atoms with Gasteiger partial charge in [0.1, 0.15) is 0 Å². The Hall–Kier alpha value is -0.260. The highest BCUT2D eigenvalue weighted by molar-refractivity contribution is 5.07. The largest absolute Gasteiger partial charge is 0.0853 e. The molecule has 0 heterocycles. The molecule has 0 aromatic heterocycles. The fraction of sp³-hybridized carbons (Fsp3) is 0.818. The summed E-state index contributed by atoms with van der Waals surface area (Å²) in [5.74, 6) is 0.875. The van der Waals surface area contributed by atoms with E-state index in [9.17, 15) is 0 Å². The van der Waals surface area contributed by atoms with Crippen LogP contribution in [0.1, 0.15) is 54.4 Å². The standard InChI is InChI=1S/C7H12.2C2H6/c1-6-4-3-5-7(6)2;2*1-2/h4,7H,3,5H2,1-2H3;2*1-2H3. The van der Waals surface area contributed by atoms with Crippen LogP contribution in [-0.4, -0.2) is 0 Å². The molecule has 0 aromatic carbocycles. The van der Waals surface area contributed by atoms with Gasteiger partial charge in [0.25, 0.3) is 0 Å². The Bertz CT molecular complexity index is 90.2. The van der Waals surface area contributed by atoms with E-state index >= 15 is 0 Å². The fourth-order valence-electron chi connectivity index (χ4n) is 0.990. The van der Waals surface area contributed by atoms with Crippen LogP contribution in [0.4, 0.5) is 0 Å². The second-order valence-corrected chi connectivity index (χ2v) is 2.43. The van der Waals surface area contributed by atoms with Crippen molar-refractivity contribution in [1.82, 2.24) is 0 Å². The quantitative estimate of drug-likeness (QED) is 0.456. The van der Waals surface area contributed by atoms with E-state index in [-0.39, 0.29) is 0 Å². The van der Waals surface area contributed by atoms with E-state index in [4.69, 9.17) is 0 Å². The number of allylic oxidation sites excluding steroid dienone is 2. The smallest absolute Gasteiger partial charge is 0.0231 e. The summed E-state index contributed by atoms with van der Waals surface area (Å²) in [6.45, 7) is 12.5. The Morgan fingerprint density at radius 2 is 1.64 bits per heavy atom. The maximum atomic E-state index is 2.34. The predicted molar refractivity (Wildman–Crippen MR) is 54.9 cm³/mol. The molecule has 0 nitrogen and oxygen atoms in total. The van der Waals surface area contributed by atoms with Crippen molar-refractivity contribution in [3.8, 4) is 0 Å². The van der Waals surface area contributed by atoms with Crippen molar-refractivity contribution in [2.45, 2.75) is 54.4 Å². The average Bonchev–Trinajstić information content (AvgIpc) is 2.44. The van der Waals surface area contributed by atoms with E-state index in [1.165, 1.54) is 12.8 Å². The lowest BCUT2D eigenvalue weighted by Crippen LogP contribution is -1.85. The summed E-state index contributed by atoms with van der Waals surface area (Å²) < 4.78 is 0. The molecule has 0 heteroatoms. The van der Waals surface area contributed by atoms with Crippen LogP contribution in [0.15, 0.2) is 11.6 Å². The molecule has 0 fully saturated rings. The summed E-state index contributed by atoms with van der Waals surface area (Å²) >= 11 is 0. The number of hydrogen-bond acceptors (Lipinski definition) is 0. The van der Waals surface area contributed by atoms with E-state index in [1.54, 1.807) is 5.57 Å². The van der Waals surface area contributed by atoms with E-state index < -0.39 is 0 Å². The summed E-state index contributed by atoms with van der Waals surface area (Å²) in [4.78, 5) is 0. The highest BCUT2D eigenvalue weighted by atomic mass is 14.1. The van der Waals surface area contributed by atoms with E-state index in [1.807, 2.05) is 27.7 Å². The van der Waals surface area contributed by atoms with Gasteiger partial charge in [-0.3, -0.25) is 0 Å². The van der Waals surface area contributed by atoms with Crippen LogP contribution in [0.25, 0.3) is 0 Å². The summed E-state index contributed by atoms with van der Waals surface area (Å²) in [5.41, 5.74) is 1.58. The third-order valence-corrected chi connectivity index (χ3v) is 1.84. The first-order valence-electron chi connectivity index (χ1n) is 4.97. The zero-order valence-corrected chi connectivity index (χ0v) is 9.07. The van der Waals surface area contributed by atoms with Crippen molar-refractivity contribution in [3.05, 3.63) is 11.6 Å². The lowest BCUT2D eigenvalue weighted by Gasteiger charge is -1.98. The molecular formula is C11H24. The Morgan fingerprint density at radius 3 is 1.73 bits per heavy atom. The van der Waals surface area contributed by atoms with Crippen LogP contribution in [0, 0.1) is 5.92 Å². The minimum Gasteiger partial charge on any atom is -0.0853 e. The van der Waals surface area contributed by atoms with Crippen LogP contribution in [-0.2, 0) is 0 Å². The molecular weight excluding hydrogens is 132 g/mol. The average molecular weight is 156 g/mol. The minimum absolute atomic E-state index is 0.875. The molecule has 0 saturated heterocycles. The molecule has 1 aliphatic carbocycles. The first-order valence-corrected chi connectivity index (χ1v) is 4.97. The fourth-order valence-corrected chi connectivity index (χ4v) is 0.990. The maximum absolute atomic E-state index is 2.34. The SMILES string of the molecule is CC.CC.CC1=CCCC1C. The molecule has 11 heavy (non-hydrogen) atoms. The topological polar surface area (TPSA) is 0 Å². The second-order valence-electron chi connectivity index (χ2n) is 2.43. The highest BCUT2D eigenvalue weighted by Gasteiger charge is 2.07. The first kappa shape index (κ1) is 13.3. The van der Waals surface area contributed by atoms with Gasteiger partial charge in [0, 0.05) is 0 Å². The van der Waals surface area contributed by atoms with Gasteiger partial charge in [-0.05, 0) is 25.7 Å². The molecule has 1 unspecified atom stereocenters. The van der Waals surface area contributed by atoms with Crippen molar-refractivity contribution in [3.63, 3.8) is 0 Å². The molecule has 0 aliphatic heterocycles. The first-order chi connectivity index (χ1) is 5.30. The van der Waals surface area contributed by atoms with Crippen LogP contribution >= 0.6 is 0 Å². The van der Waals surface area contributed by atoms with E-state index in [0.717, 1.165) is 5.92 Å². The van der Waals surface area contributed by atoms with Gasteiger partial charge in [-0.2, -0.15) is 0 Å². The van der Waals surface area contributed by atoms with Crippen molar-refractivity contribution < 1.29 is 0 Å². The highest BCUT2D eigenvalue weighted by Crippen LogP contribution is 2.23. The zero-order chi connectivity index (χ0) is 9.28. The normalized spacial score (nSPS) is 20.5. The van der Waals surface area contributed by atoms with Crippen molar-refractivity contribution >= 4 is 0 Å². The van der Waals surface area contributed by atoms with Gasteiger partial charge in [-0.15, -0.1) is 0 Å². The van der Waals surface area contributed by atoms with Gasteiger partial charge in [0.2, 0.25) is 0 Å². The van der Waals surface area contributed by atoms with Gasteiger partial charge < -0.3 is 0 Å². The van der Waals surface area contributed by atoms with Gasteiger partial charge in [-0.1, -0.05) is 46.3 Å². The molecule has 0 aromatic rings. The molecule has 1 aliphatic rings. The van der Waals surface area contributed by atoms with Crippen molar-refractivity contribution in [2.75, 3.05) is 0 Å². The molecule has 1 rings (SSSR count). The maximum Gasteiger partial charge on any atom is -0.0231 e. The van der Waals surface area contributed by atoms with Crippen LogP contribution in [0.5, 0.6) is 0 Å². The molecule has 0 saturated carbocycles. The minimum atomic E-state index is 0.875. The number of rotatable bonds is 0. The molecule has 68 valence electrons. The van der Waals surface area contributed by atoms with Crippen molar-refractivity contribution in [1.29, 1.82) is 0 Å². The third kappa shape index (κ3) is 6.15. The lowest BCUT2D eigenvalue weighted by molar-refractivity contribution is 0.670. The third-order valence-electron chi connectivity index (χ3n) is 1.84. The number of hydrogen-bond donors (Lipinski definition) is 0. The van der Waals surface area contributed by atoms with Crippen LogP contribution in [0.3, 0.4) is 0 Å². The Morgan fingerprint density at radius 1 is 1.18 bits per heavy atom. The Balaban J connectivity index is 0. The Kier molecular flexibility index (Phi) is 11.8. The molecule has 0 spiro atoms. The monoisotopic (exact) mass is 156 g/mol.